The molecule has 0 spiro atoms. The molecule has 0 aliphatic rings. The van der Waals surface area contributed by atoms with E-state index >= 15 is 0 Å². The number of rotatable bonds is 11. The van der Waals surface area contributed by atoms with Crippen molar-refractivity contribution in [3.63, 3.8) is 0 Å². The SMILES string of the molecule is CCCCCCCCCCC(C)C(N)S(=O)(=O)O. The van der Waals surface area contributed by atoms with Gasteiger partial charge in [0.15, 0.2) is 0 Å². The van der Waals surface area contributed by atoms with Crippen LogP contribution in [0.2, 0.25) is 0 Å². The van der Waals surface area contributed by atoms with E-state index in [-0.39, 0.29) is 5.92 Å². The molecule has 0 radical (unpaired) electrons. The van der Waals surface area contributed by atoms with Crippen molar-refractivity contribution < 1.29 is 13.0 Å². The van der Waals surface area contributed by atoms with Crippen LogP contribution in [0.1, 0.15) is 71.6 Å². The molecule has 0 aliphatic carbocycles. The third-order valence-corrected chi connectivity index (χ3v) is 4.57. The fourth-order valence-electron chi connectivity index (χ4n) is 2.06. The number of hydrogen-bond donors (Lipinski definition) is 2. The molecule has 0 aliphatic heterocycles. The minimum absolute atomic E-state index is 0.180. The molecule has 0 saturated heterocycles. The summed E-state index contributed by atoms with van der Waals surface area (Å²) < 4.78 is 30.5. The minimum Gasteiger partial charge on any atom is -0.313 e. The molecule has 5 heteroatoms. The second kappa shape index (κ2) is 9.75. The van der Waals surface area contributed by atoms with Crippen molar-refractivity contribution in [2.45, 2.75) is 77.0 Å². The van der Waals surface area contributed by atoms with E-state index in [1.807, 2.05) is 0 Å². The fraction of sp³-hybridized carbons (Fsp3) is 1.00. The van der Waals surface area contributed by atoms with Gasteiger partial charge in [-0.3, -0.25) is 4.55 Å². The average molecular weight is 279 g/mol. The van der Waals surface area contributed by atoms with Crippen LogP contribution in [0.25, 0.3) is 0 Å². The van der Waals surface area contributed by atoms with Crippen LogP contribution in [0.15, 0.2) is 0 Å². The van der Waals surface area contributed by atoms with Gasteiger partial charge >= 0.3 is 0 Å². The summed E-state index contributed by atoms with van der Waals surface area (Å²) >= 11 is 0. The monoisotopic (exact) mass is 279 g/mol. The maximum atomic E-state index is 10.8. The lowest BCUT2D eigenvalue weighted by Crippen LogP contribution is -2.36. The Morgan fingerprint density at radius 3 is 1.89 bits per heavy atom. The zero-order chi connectivity index (χ0) is 14.0. The van der Waals surface area contributed by atoms with E-state index in [1.54, 1.807) is 6.92 Å². The first kappa shape index (κ1) is 17.9. The summed E-state index contributed by atoms with van der Waals surface area (Å²) in [6, 6.07) is 0. The molecule has 0 aromatic heterocycles. The molecule has 0 heterocycles. The molecule has 0 aromatic rings. The van der Waals surface area contributed by atoms with E-state index in [1.165, 1.54) is 38.5 Å². The minimum atomic E-state index is -4.08. The maximum absolute atomic E-state index is 10.8. The third kappa shape index (κ3) is 8.89. The summed E-state index contributed by atoms with van der Waals surface area (Å²) in [4.78, 5) is 0. The highest BCUT2D eigenvalue weighted by Gasteiger charge is 2.24. The first-order valence-corrected chi connectivity index (χ1v) is 8.61. The lowest BCUT2D eigenvalue weighted by molar-refractivity contribution is 0.411. The second-order valence-corrected chi connectivity index (χ2v) is 6.79. The van der Waals surface area contributed by atoms with Gasteiger partial charge in [-0.1, -0.05) is 65.2 Å². The van der Waals surface area contributed by atoms with Crippen LogP contribution in [-0.2, 0) is 10.1 Å². The summed E-state index contributed by atoms with van der Waals surface area (Å²) in [5, 5.41) is -1.14. The first-order chi connectivity index (χ1) is 8.39. The molecular weight excluding hydrogens is 250 g/mol. The van der Waals surface area contributed by atoms with E-state index in [0.717, 1.165) is 19.3 Å². The molecule has 110 valence electrons. The molecule has 0 bridgehead atoms. The molecule has 18 heavy (non-hydrogen) atoms. The molecule has 0 aromatic carbocycles. The Balaban J connectivity index is 3.49. The van der Waals surface area contributed by atoms with Crippen LogP contribution in [0.4, 0.5) is 0 Å². The van der Waals surface area contributed by atoms with Gasteiger partial charge in [0.2, 0.25) is 0 Å². The van der Waals surface area contributed by atoms with Gasteiger partial charge in [-0.05, 0) is 12.3 Å². The smallest absolute Gasteiger partial charge is 0.281 e. The van der Waals surface area contributed by atoms with Crippen LogP contribution in [0.3, 0.4) is 0 Å². The van der Waals surface area contributed by atoms with E-state index in [4.69, 9.17) is 10.3 Å². The molecule has 2 atom stereocenters. The molecule has 0 saturated carbocycles. The predicted molar refractivity (Wildman–Crippen MR) is 75.9 cm³/mol. The standard InChI is InChI=1S/C13H29NO3S/c1-3-4-5-6-7-8-9-10-11-12(2)13(14)18(15,16)17/h12-13H,3-11,14H2,1-2H3,(H,15,16,17). The highest BCUT2D eigenvalue weighted by atomic mass is 32.2. The molecule has 4 nitrogen and oxygen atoms in total. The number of unbranched alkanes of at least 4 members (excludes halogenated alkanes) is 7. The van der Waals surface area contributed by atoms with Gasteiger partial charge in [0.05, 0.1) is 0 Å². The highest BCUT2D eigenvalue weighted by molar-refractivity contribution is 7.86. The predicted octanol–water partition coefficient (Wildman–Crippen LogP) is 3.33. The van der Waals surface area contributed by atoms with Crippen molar-refractivity contribution in [3.05, 3.63) is 0 Å². The van der Waals surface area contributed by atoms with Crippen molar-refractivity contribution >= 4 is 10.1 Å². The van der Waals surface area contributed by atoms with Crippen molar-refractivity contribution in [1.29, 1.82) is 0 Å². The molecule has 0 amide bonds. The van der Waals surface area contributed by atoms with E-state index < -0.39 is 15.5 Å². The van der Waals surface area contributed by atoms with Crippen LogP contribution in [-0.4, -0.2) is 18.3 Å². The quantitative estimate of drug-likeness (QED) is 0.449. The molecule has 0 rings (SSSR count). The number of nitrogens with two attached hydrogens (primary N) is 1. The summed E-state index contributed by atoms with van der Waals surface area (Å²) in [7, 11) is -4.08. The van der Waals surface area contributed by atoms with Crippen LogP contribution < -0.4 is 5.73 Å². The lowest BCUT2D eigenvalue weighted by Gasteiger charge is -2.16. The summed E-state index contributed by atoms with van der Waals surface area (Å²) in [6.07, 6.45) is 10.5. The Morgan fingerprint density at radius 2 is 1.44 bits per heavy atom. The zero-order valence-corrected chi connectivity index (χ0v) is 12.6. The highest BCUT2D eigenvalue weighted by Crippen LogP contribution is 2.16. The van der Waals surface area contributed by atoms with Crippen LogP contribution >= 0.6 is 0 Å². The van der Waals surface area contributed by atoms with E-state index in [0.29, 0.717) is 0 Å². The Morgan fingerprint density at radius 1 is 1.00 bits per heavy atom. The van der Waals surface area contributed by atoms with Gasteiger partial charge in [0, 0.05) is 0 Å². The normalized spacial score (nSPS) is 15.6. The van der Waals surface area contributed by atoms with E-state index in [9.17, 15) is 8.42 Å². The second-order valence-electron chi connectivity index (χ2n) is 5.22. The van der Waals surface area contributed by atoms with Crippen molar-refractivity contribution in [1.82, 2.24) is 0 Å². The third-order valence-electron chi connectivity index (χ3n) is 3.42. The molecule has 2 unspecified atom stereocenters. The number of hydrogen-bond acceptors (Lipinski definition) is 3. The Kier molecular flexibility index (Phi) is 9.68. The largest absolute Gasteiger partial charge is 0.313 e. The molecule has 0 fully saturated rings. The summed E-state index contributed by atoms with van der Waals surface area (Å²) in [6.45, 7) is 3.99. The maximum Gasteiger partial charge on any atom is 0.281 e. The first-order valence-electron chi connectivity index (χ1n) is 7.11. The van der Waals surface area contributed by atoms with Gasteiger partial charge in [0.25, 0.3) is 10.1 Å². The van der Waals surface area contributed by atoms with Gasteiger partial charge in [-0.15, -0.1) is 0 Å². The van der Waals surface area contributed by atoms with Crippen molar-refractivity contribution in [3.8, 4) is 0 Å². The Hall–Kier alpha value is -0.130. The Bertz CT molecular complexity index is 291. The lowest BCUT2D eigenvalue weighted by atomic mass is 10.0. The van der Waals surface area contributed by atoms with Gasteiger partial charge in [0.1, 0.15) is 5.37 Å². The summed E-state index contributed by atoms with van der Waals surface area (Å²) in [5.74, 6) is -0.180. The Labute approximate surface area is 112 Å². The van der Waals surface area contributed by atoms with Gasteiger partial charge in [-0.25, -0.2) is 0 Å². The van der Waals surface area contributed by atoms with Crippen molar-refractivity contribution in [2.75, 3.05) is 0 Å². The van der Waals surface area contributed by atoms with E-state index in [2.05, 4.69) is 6.92 Å². The van der Waals surface area contributed by atoms with Crippen LogP contribution in [0.5, 0.6) is 0 Å². The van der Waals surface area contributed by atoms with Crippen molar-refractivity contribution in [2.24, 2.45) is 11.7 Å². The van der Waals surface area contributed by atoms with Gasteiger partial charge in [-0.2, -0.15) is 8.42 Å². The molecular formula is C13H29NO3S. The average Bonchev–Trinajstić information content (AvgIpc) is 2.30. The fourth-order valence-corrected chi connectivity index (χ4v) is 2.78. The van der Waals surface area contributed by atoms with Gasteiger partial charge < -0.3 is 5.73 Å². The molecule has 3 N–H and O–H groups in total. The summed E-state index contributed by atoms with van der Waals surface area (Å²) in [5.41, 5.74) is 5.45. The van der Waals surface area contributed by atoms with Crippen LogP contribution in [0, 0.1) is 5.92 Å². The topological polar surface area (TPSA) is 80.4 Å². The zero-order valence-electron chi connectivity index (χ0n) is 11.8.